The Hall–Kier alpha value is -0.380. The third-order valence-electron chi connectivity index (χ3n) is 0.692. The van der Waals surface area contributed by atoms with E-state index in [1.54, 1.807) is 0 Å². The summed E-state index contributed by atoms with van der Waals surface area (Å²) in [5.41, 5.74) is 0. The molecule has 0 aliphatic heterocycles. The summed E-state index contributed by atoms with van der Waals surface area (Å²) in [6, 6.07) is 0.768. The van der Waals surface area contributed by atoms with Crippen molar-refractivity contribution in [3.05, 3.63) is 22.4 Å². The second kappa shape index (κ2) is 1.85. The number of hydrogen-bond donors (Lipinski definition) is 1. The molecule has 0 amide bonds. The fraction of sp³-hybridized carbons (Fsp3) is 0. The van der Waals surface area contributed by atoms with Gasteiger partial charge in [0.2, 0.25) is 0 Å². The minimum atomic E-state index is -0.672. The first-order valence-electron chi connectivity index (χ1n) is 1.89. The van der Waals surface area contributed by atoms with Crippen LogP contribution in [-0.4, -0.2) is 4.98 Å². The molecule has 8 heavy (non-hydrogen) atoms. The zero-order chi connectivity index (χ0) is 6.15. The van der Waals surface area contributed by atoms with E-state index in [4.69, 9.17) is 0 Å². The predicted octanol–water partition coefficient (Wildman–Crippen LogP) is 2.06. The van der Waals surface area contributed by atoms with Crippen LogP contribution in [0.15, 0.2) is 10.7 Å². The fourth-order valence-electron chi connectivity index (χ4n) is 0.375. The van der Waals surface area contributed by atoms with Crippen molar-refractivity contribution in [1.82, 2.24) is 4.98 Å². The number of rotatable bonds is 0. The van der Waals surface area contributed by atoms with Gasteiger partial charge in [0.05, 0.1) is 0 Å². The monoisotopic (exact) mass is 181 g/mol. The first-order valence-corrected chi connectivity index (χ1v) is 2.69. The molecule has 1 rings (SSSR count). The molecule has 0 saturated carbocycles. The van der Waals surface area contributed by atoms with Crippen molar-refractivity contribution >= 4 is 15.9 Å². The summed E-state index contributed by atoms with van der Waals surface area (Å²) in [7, 11) is 0. The molecule has 0 bridgehead atoms. The highest BCUT2D eigenvalue weighted by atomic mass is 79.9. The molecule has 1 N–H and O–H groups in total. The van der Waals surface area contributed by atoms with Crippen LogP contribution in [-0.2, 0) is 0 Å². The standard InChI is InChI=1S/C4H2BrF2N/c5-4-2(6)1-3(7)8-4/h1,8H. The molecule has 0 radical (unpaired) electrons. The molecular formula is C4H2BrF2N. The average Bonchev–Trinajstić information content (AvgIpc) is 1.85. The molecule has 0 aliphatic rings. The Morgan fingerprint density at radius 3 is 2.25 bits per heavy atom. The molecule has 0 atom stereocenters. The molecule has 0 aromatic carbocycles. The molecule has 44 valence electrons. The lowest BCUT2D eigenvalue weighted by molar-refractivity contribution is 0.585. The Balaban J connectivity index is 3.14. The van der Waals surface area contributed by atoms with Crippen LogP contribution in [0.4, 0.5) is 8.78 Å². The van der Waals surface area contributed by atoms with E-state index in [-0.39, 0.29) is 4.60 Å². The van der Waals surface area contributed by atoms with Crippen molar-refractivity contribution in [2.75, 3.05) is 0 Å². The van der Waals surface area contributed by atoms with Crippen molar-refractivity contribution in [1.29, 1.82) is 0 Å². The summed E-state index contributed by atoms with van der Waals surface area (Å²) < 4.78 is 23.9. The van der Waals surface area contributed by atoms with Gasteiger partial charge in [0.15, 0.2) is 11.8 Å². The number of halogens is 3. The van der Waals surface area contributed by atoms with E-state index in [0.717, 1.165) is 6.07 Å². The van der Waals surface area contributed by atoms with Crippen LogP contribution < -0.4 is 0 Å². The molecule has 1 aromatic heterocycles. The lowest BCUT2D eigenvalue weighted by Crippen LogP contribution is -1.65. The van der Waals surface area contributed by atoms with E-state index in [2.05, 4.69) is 20.9 Å². The van der Waals surface area contributed by atoms with Crippen LogP contribution in [0.2, 0.25) is 0 Å². The summed E-state index contributed by atoms with van der Waals surface area (Å²) in [5.74, 6) is -1.28. The summed E-state index contributed by atoms with van der Waals surface area (Å²) in [4.78, 5) is 2.08. The first kappa shape index (κ1) is 5.75. The van der Waals surface area contributed by atoms with Gasteiger partial charge in [-0.05, 0) is 15.9 Å². The predicted molar refractivity (Wildman–Crippen MR) is 28.4 cm³/mol. The van der Waals surface area contributed by atoms with Gasteiger partial charge in [0, 0.05) is 6.07 Å². The van der Waals surface area contributed by atoms with E-state index in [1.807, 2.05) is 0 Å². The van der Waals surface area contributed by atoms with Crippen molar-refractivity contribution in [3.8, 4) is 0 Å². The number of nitrogens with one attached hydrogen (secondary N) is 1. The molecule has 1 heterocycles. The minimum Gasteiger partial charge on any atom is -0.324 e. The molecule has 1 aromatic rings. The molecule has 0 aliphatic carbocycles. The van der Waals surface area contributed by atoms with Crippen LogP contribution in [0.1, 0.15) is 0 Å². The number of aromatic nitrogens is 1. The number of aromatic amines is 1. The summed E-state index contributed by atoms with van der Waals surface area (Å²) in [6.45, 7) is 0. The van der Waals surface area contributed by atoms with E-state index >= 15 is 0 Å². The highest BCUT2D eigenvalue weighted by molar-refractivity contribution is 9.10. The number of H-pyrrole nitrogens is 1. The van der Waals surface area contributed by atoms with E-state index < -0.39 is 11.8 Å². The maximum atomic E-state index is 12.0. The van der Waals surface area contributed by atoms with Crippen molar-refractivity contribution in [2.45, 2.75) is 0 Å². The Morgan fingerprint density at radius 2 is 2.12 bits per heavy atom. The molecule has 4 heteroatoms. The Labute approximate surface area is 52.8 Å². The van der Waals surface area contributed by atoms with Gasteiger partial charge < -0.3 is 4.98 Å². The van der Waals surface area contributed by atoms with Gasteiger partial charge in [-0.2, -0.15) is 4.39 Å². The smallest absolute Gasteiger partial charge is 0.194 e. The first-order chi connectivity index (χ1) is 3.70. The largest absolute Gasteiger partial charge is 0.324 e. The third-order valence-corrected chi connectivity index (χ3v) is 1.27. The van der Waals surface area contributed by atoms with Gasteiger partial charge in [-0.3, -0.25) is 0 Å². The maximum Gasteiger partial charge on any atom is 0.194 e. The molecule has 1 nitrogen and oxygen atoms in total. The molecule has 0 spiro atoms. The Kier molecular flexibility index (Phi) is 1.33. The lowest BCUT2D eigenvalue weighted by Gasteiger charge is -1.74. The van der Waals surface area contributed by atoms with Gasteiger partial charge in [-0.25, -0.2) is 4.39 Å². The van der Waals surface area contributed by atoms with Gasteiger partial charge in [0.25, 0.3) is 0 Å². The Bertz CT molecular complexity index is 176. The second-order valence-electron chi connectivity index (χ2n) is 1.28. The van der Waals surface area contributed by atoms with Crippen molar-refractivity contribution < 1.29 is 8.78 Å². The molecule has 0 unspecified atom stereocenters. The lowest BCUT2D eigenvalue weighted by atomic mass is 10.6. The van der Waals surface area contributed by atoms with E-state index in [1.165, 1.54) is 0 Å². The van der Waals surface area contributed by atoms with Gasteiger partial charge in [-0.15, -0.1) is 0 Å². The third kappa shape index (κ3) is 0.888. The van der Waals surface area contributed by atoms with E-state index in [9.17, 15) is 8.78 Å². The highest BCUT2D eigenvalue weighted by Crippen LogP contribution is 2.13. The maximum absolute atomic E-state index is 12.0. The van der Waals surface area contributed by atoms with Gasteiger partial charge >= 0.3 is 0 Å². The summed E-state index contributed by atoms with van der Waals surface area (Å²) in [6.07, 6.45) is 0. The highest BCUT2D eigenvalue weighted by Gasteiger charge is 2.01. The average molecular weight is 182 g/mol. The zero-order valence-electron chi connectivity index (χ0n) is 3.71. The molecule has 0 saturated heterocycles. The summed E-state index contributed by atoms with van der Waals surface area (Å²) >= 11 is 2.75. The zero-order valence-corrected chi connectivity index (χ0v) is 5.30. The van der Waals surface area contributed by atoms with Crippen LogP contribution >= 0.6 is 15.9 Å². The summed E-state index contributed by atoms with van der Waals surface area (Å²) in [5, 5.41) is 0. The van der Waals surface area contributed by atoms with Crippen molar-refractivity contribution in [2.24, 2.45) is 0 Å². The van der Waals surface area contributed by atoms with Gasteiger partial charge in [-0.1, -0.05) is 0 Å². The minimum absolute atomic E-state index is 0.0509. The number of hydrogen-bond acceptors (Lipinski definition) is 0. The van der Waals surface area contributed by atoms with Crippen LogP contribution in [0.3, 0.4) is 0 Å². The van der Waals surface area contributed by atoms with E-state index in [0.29, 0.717) is 0 Å². The second-order valence-corrected chi connectivity index (χ2v) is 2.07. The fourth-order valence-corrected chi connectivity index (χ4v) is 0.679. The van der Waals surface area contributed by atoms with Crippen LogP contribution in [0.25, 0.3) is 0 Å². The van der Waals surface area contributed by atoms with Crippen LogP contribution in [0.5, 0.6) is 0 Å². The topological polar surface area (TPSA) is 15.8 Å². The quantitative estimate of drug-likeness (QED) is 0.631. The Morgan fingerprint density at radius 1 is 1.50 bits per heavy atom. The van der Waals surface area contributed by atoms with Crippen LogP contribution in [0, 0.1) is 11.8 Å². The van der Waals surface area contributed by atoms with Gasteiger partial charge in [0.1, 0.15) is 4.60 Å². The SMILES string of the molecule is Fc1cc(F)c(Br)[nH]1. The molecular weight excluding hydrogens is 180 g/mol. The molecule has 0 fully saturated rings. The normalized spacial score (nSPS) is 9.88. The van der Waals surface area contributed by atoms with Crippen molar-refractivity contribution in [3.63, 3.8) is 0 Å².